The molecule has 1 aromatic carbocycles. The number of hydrogen-bond acceptors (Lipinski definition) is 2. The van der Waals surface area contributed by atoms with Gasteiger partial charge in [-0.2, -0.15) is 13.2 Å². The second-order valence-electron chi connectivity index (χ2n) is 4.32. The number of aromatic nitrogens is 1. The van der Waals surface area contributed by atoms with Crippen molar-refractivity contribution in [1.82, 2.24) is 4.98 Å². The van der Waals surface area contributed by atoms with Gasteiger partial charge in [0.2, 0.25) is 0 Å². The quantitative estimate of drug-likeness (QED) is 0.868. The van der Waals surface area contributed by atoms with Gasteiger partial charge in [-0.05, 0) is 43.2 Å². The number of rotatable bonds is 2. The van der Waals surface area contributed by atoms with Crippen LogP contribution >= 0.6 is 0 Å². The summed E-state index contributed by atoms with van der Waals surface area (Å²) in [5.74, 6) is 0.560. The Labute approximate surface area is 109 Å². The summed E-state index contributed by atoms with van der Waals surface area (Å²) in [4.78, 5) is 4.11. The average molecular weight is 266 g/mol. The first-order chi connectivity index (χ1) is 8.88. The number of halogens is 3. The van der Waals surface area contributed by atoms with Crippen LogP contribution in [0.3, 0.4) is 0 Å². The molecule has 0 saturated carbocycles. The molecule has 19 heavy (non-hydrogen) atoms. The van der Waals surface area contributed by atoms with Gasteiger partial charge < -0.3 is 5.32 Å². The van der Waals surface area contributed by atoms with Crippen molar-refractivity contribution in [1.29, 1.82) is 0 Å². The molecule has 1 N–H and O–H groups in total. The van der Waals surface area contributed by atoms with Crippen LogP contribution in [0.15, 0.2) is 36.5 Å². The highest BCUT2D eigenvalue weighted by atomic mass is 19.4. The number of anilines is 2. The number of nitrogens with zero attached hydrogens (tertiary/aromatic N) is 1. The van der Waals surface area contributed by atoms with Gasteiger partial charge in [-0.1, -0.05) is 12.1 Å². The maximum absolute atomic E-state index is 12.7. The molecule has 0 unspecified atom stereocenters. The topological polar surface area (TPSA) is 24.9 Å². The Morgan fingerprint density at radius 3 is 2.42 bits per heavy atom. The highest BCUT2D eigenvalue weighted by Crippen LogP contribution is 2.33. The first-order valence-electron chi connectivity index (χ1n) is 5.74. The zero-order valence-electron chi connectivity index (χ0n) is 10.5. The van der Waals surface area contributed by atoms with Gasteiger partial charge in [-0.15, -0.1) is 0 Å². The van der Waals surface area contributed by atoms with Gasteiger partial charge in [-0.25, -0.2) is 4.98 Å². The summed E-state index contributed by atoms with van der Waals surface area (Å²) < 4.78 is 38.0. The number of alkyl halides is 3. The lowest BCUT2D eigenvalue weighted by atomic mass is 10.1. The maximum atomic E-state index is 12.7. The molecule has 1 aromatic heterocycles. The van der Waals surface area contributed by atoms with Crippen LogP contribution in [-0.2, 0) is 6.18 Å². The van der Waals surface area contributed by atoms with E-state index < -0.39 is 11.7 Å². The molecule has 100 valence electrons. The standard InChI is InChI=1S/C14H13F3N2/c1-9-5-6-11(14(15,16)17)8-12(9)19-13-10(2)4-3-7-18-13/h3-8H,1-2H3,(H,18,19). The second-order valence-corrected chi connectivity index (χ2v) is 4.32. The first-order valence-corrected chi connectivity index (χ1v) is 5.74. The third-order valence-corrected chi connectivity index (χ3v) is 2.83. The van der Waals surface area contributed by atoms with Crippen LogP contribution in [0.1, 0.15) is 16.7 Å². The van der Waals surface area contributed by atoms with Crippen LogP contribution in [0.2, 0.25) is 0 Å². The zero-order valence-corrected chi connectivity index (χ0v) is 10.5. The van der Waals surface area contributed by atoms with Gasteiger partial charge in [0.25, 0.3) is 0 Å². The lowest BCUT2D eigenvalue weighted by Crippen LogP contribution is -2.06. The molecule has 2 aromatic rings. The number of hydrogen-bond donors (Lipinski definition) is 1. The van der Waals surface area contributed by atoms with Crippen molar-refractivity contribution >= 4 is 11.5 Å². The van der Waals surface area contributed by atoms with Gasteiger partial charge in [0.15, 0.2) is 0 Å². The Bertz CT molecular complexity index is 591. The molecule has 2 rings (SSSR count). The molecule has 0 aliphatic heterocycles. The minimum Gasteiger partial charge on any atom is -0.340 e. The van der Waals surface area contributed by atoms with E-state index in [1.54, 1.807) is 19.2 Å². The van der Waals surface area contributed by atoms with Crippen molar-refractivity contribution in [2.45, 2.75) is 20.0 Å². The van der Waals surface area contributed by atoms with Crippen molar-refractivity contribution in [2.24, 2.45) is 0 Å². The van der Waals surface area contributed by atoms with Crippen molar-refractivity contribution < 1.29 is 13.2 Å². The zero-order chi connectivity index (χ0) is 14.0. The van der Waals surface area contributed by atoms with Gasteiger partial charge in [0, 0.05) is 11.9 Å². The molecule has 0 atom stereocenters. The molecule has 0 amide bonds. The molecule has 0 aliphatic rings. The van der Waals surface area contributed by atoms with Crippen molar-refractivity contribution in [2.75, 3.05) is 5.32 Å². The van der Waals surface area contributed by atoms with Gasteiger partial charge in [0.1, 0.15) is 5.82 Å². The van der Waals surface area contributed by atoms with Gasteiger partial charge in [-0.3, -0.25) is 0 Å². The smallest absolute Gasteiger partial charge is 0.340 e. The summed E-state index contributed by atoms with van der Waals surface area (Å²) in [6.07, 6.45) is -2.75. The van der Waals surface area contributed by atoms with Gasteiger partial charge in [0.05, 0.1) is 5.56 Å². The van der Waals surface area contributed by atoms with E-state index in [2.05, 4.69) is 10.3 Å². The van der Waals surface area contributed by atoms with E-state index in [-0.39, 0.29) is 0 Å². The van der Waals surface area contributed by atoms with Crippen molar-refractivity contribution in [3.05, 3.63) is 53.2 Å². The Morgan fingerprint density at radius 2 is 1.79 bits per heavy atom. The second kappa shape index (κ2) is 4.91. The summed E-state index contributed by atoms with van der Waals surface area (Å²) >= 11 is 0. The molecule has 0 bridgehead atoms. The number of pyridine rings is 1. The van der Waals surface area contributed by atoms with E-state index >= 15 is 0 Å². The molecule has 0 radical (unpaired) electrons. The van der Waals surface area contributed by atoms with E-state index in [1.165, 1.54) is 6.07 Å². The Kier molecular flexibility index (Phi) is 3.46. The normalized spacial score (nSPS) is 11.4. The monoisotopic (exact) mass is 266 g/mol. The SMILES string of the molecule is Cc1ccc(C(F)(F)F)cc1Nc1ncccc1C. The van der Waals surface area contributed by atoms with E-state index in [1.807, 2.05) is 13.0 Å². The average Bonchev–Trinajstić information content (AvgIpc) is 2.33. The number of benzene rings is 1. The van der Waals surface area contributed by atoms with Crippen LogP contribution in [0.4, 0.5) is 24.7 Å². The van der Waals surface area contributed by atoms with E-state index in [4.69, 9.17) is 0 Å². The minimum atomic E-state index is -4.34. The highest BCUT2D eigenvalue weighted by molar-refractivity contribution is 5.63. The third kappa shape index (κ3) is 3.05. The summed E-state index contributed by atoms with van der Waals surface area (Å²) in [7, 11) is 0. The molecule has 0 saturated heterocycles. The summed E-state index contributed by atoms with van der Waals surface area (Å²) in [5, 5.41) is 2.94. The van der Waals surface area contributed by atoms with Crippen LogP contribution in [0, 0.1) is 13.8 Å². The lowest BCUT2D eigenvalue weighted by molar-refractivity contribution is -0.137. The van der Waals surface area contributed by atoms with Crippen LogP contribution < -0.4 is 5.32 Å². The van der Waals surface area contributed by atoms with Crippen LogP contribution in [0.5, 0.6) is 0 Å². The third-order valence-electron chi connectivity index (χ3n) is 2.83. The molecular weight excluding hydrogens is 253 g/mol. The predicted molar refractivity (Wildman–Crippen MR) is 68.4 cm³/mol. The van der Waals surface area contributed by atoms with E-state index in [0.29, 0.717) is 11.5 Å². The van der Waals surface area contributed by atoms with Crippen LogP contribution in [-0.4, -0.2) is 4.98 Å². The largest absolute Gasteiger partial charge is 0.416 e. The Balaban J connectivity index is 2.38. The first kappa shape index (κ1) is 13.4. The van der Waals surface area contributed by atoms with Crippen molar-refractivity contribution in [3.8, 4) is 0 Å². The van der Waals surface area contributed by atoms with Crippen LogP contribution in [0.25, 0.3) is 0 Å². The predicted octanol–water partition coefficient (Wildman–Crippen LogP) is 4.46. The molecule has 2 nitrogen and oxygen atoms in total. The Hall–Kier alpha value is -2.04. The van der Waals surface area contributed by atoms with Crippen molar-refractivity contribution in [3.63, 3.8) is 0 Å². The summed E-state index contributed by atoms with van der Waals surface area (Å²) in [5.41, 5.74) is 1.35. The number of aryl methyl sites for hydroxylation is 2. The van der Waals surface area contributed by atoms with Gasteiger partial charge >= 0.3 is 6.18 Å². The molecule has 1 heterocycles. The summed E-state index contributed by atoms with van der Waals surface area (Å²) in [6.45, 7) is 3.60. The Morgan fingerprint density at radius 1 is 1.05 bits per heavy atom. The minimum absolute atomic E-state index is 0.414. The fourth-order valence-corrected chi connectivity index (χ4v) is 1.68. The fourth-order valence-electron chi connectivity index (χ4n) is 1.68. The number of nitrogens with one attached hydrogen (secondary N) is 1. The molecule has 0 aliphatic carbocycles. The highest BCUT2D eigenvalue weighted by Gasteiger charge is 2.30. The molecular formula is C14H13F3N2. The summed E-state index contributed by atoms with van der Waals surface area (Å²) in [6, 6.07) is 7.25. The molecule has 5 heteroatoms. The molecule has 0 fully saturated rings. The maximum Gasteiger partial charge on any atom is 0.416 e. The fraction of sp³-hybridized carbons (Fsp3) is 0.214. The van der Waals surface area contributed by atoms with E-state index in [9.17, 15) is 13.2 Å². The van der Waals surface area contributed by atoms with E-state index in [0.717, 1.165) is 23.3 Å². The molecule has 0 spiro atoms. The lowest BCUT2D eigenvalue weighted by Gasteiger charge is -2.14.